The number of H-pyrrole nitrogens is 1. The Hall–Kier alpha value is -5.03. The van der Waals surface area contributed by atoms with Crippen molar-refractivity contribution in [3.63, 3.8) is 0 Å². The molecule has 22 nitrogen and oxygen atoms in total. The smallest absolute Gasteiger partial charge is 0.326 e. The molecule has 0 saturated heterocycles. The molecule has 1 aromatic rings. The van der Waals surface area contributed by atoms with E-state index < -0.39 is 47.2 Å². The number of nitrogens with one attached hydrogen (secondary N) is 7. The molecule has 0 aliphatic rings. The Morgan fingerprint density at radius 3 is 1.86 bits per heavy atom. The lowest BCUT2D eigenvalue weighted by Gasteiger charge is -2.27. The zero-order chi connectivity index (χ0) is 48.3. The number of rotatable bonds is 41. The van der Waals surface area contributed by atoms with Gasteiger partial charge < -0.3 is 60.7 Å². The van der Waals surface area contributed by atoms with Crippen LogP contribution in [0.4, 0.5) is 0 Å². The summed E-state index contributed by atoms with van der Waals surface area (Å²) >= 11 is 0. The minimum Gasteiger partial charge on any atom is -0.481 e. The van der Waals surface area contributed by atoms with Gasteiger partial charge in [0.25, 0.3) is 0 Å². The van der Waals surface area contributed by atoms with E-state index in [0.29, 0.717) is 25.0 Å². The first-order valence-electron chi connectivity index (χ1n) is 22.4. The van der Waals surface area contributed by atoms with Gasteiger partial charge in [-0.15, -0.1) is 0 Å². The van der Waals surface area contributed by atoms with E-state index in [9.17, 15) is 48.6 Å². The molecule has 0 aliphatic carbocycles. The van der Waals surface area contributed by atoms with Crippen LogP contribution in [0.5, 0.6) is 0 Å². The molecule has 0 saturated carbocycles. The van der Waals surface area contributed by atoms with Crippen LogP contribution in [-0.2, 0) is 63.7 Å². The van der Waals surface area contributed by atoms with Crippen LogP contribution in [0.3, 0.4) is 0 Å². The summed E-state index contributed by atoms with van der Waals surface area (Å²) in [5.41, 5.74) is 7.30. The number of hydrogen-bond acceptors (Lipinski definition) is 13. The molecule has 1 heterocycles. The van der Waals surface area contributed by atoms with Gasteiger partial charge in [0.05, 0.1) is 57.4 Å². The number of ketones is 1. The first-order valence-corrected chi connectivity index (χ1v) is 22.4. The normalized spacial score (nSPS) is 12.7. The highest BCUT2D eigenvalue weighted by Gasteiger charge is 2.34. The maximum absolute atomic E-state index is 12.9. The Morgan fingerprint density at radius 2 is 1.28 bits per heavy atom. The molecule has 0 bridgehead atoms. The third kappa shape index (κ3) is 29.9. The second-order valence-corrected chi connectivity index (χ2v) is 16.0. The standard InChI is InChI=1S/C43H73N8O14/c1-4-5-6-7-8-9-13-37(54)50-34(42(60)61)14-15-36(53)47-17-19-62-21-24-65-29-39(56)48-18-20-63-22-23-64-28-38(55)46-16-11-10-12-31(41(58)59)25-35(52)43(2,3)51-40(57)33(44)26-32-27-45-30-49-32/h27,30-31,33-34,44H,4-26,28-29H2,1-3H3,(H,45,49)(H,46,55)(H,47,53)(H,48,56)(H,50,54)(H,51,57)(H,58,59)(H,60,61)/t31-,33+,34?/m1/s1. The zero-order valence-corrected chi connectivity index (χ0v) is 38.3. The van der Waals surface area contributed by atoms with Crippen molar-refractivity contribution in [3.05, 3.63) is 18.2 Å². The van der Waals surface area contributed by atoms with Gasteiger partial charge in [0.2, 0.25) is 29.5 Å². The Labute approximate surface area is 381 Å². The van der Waals surface area contributed by atoms with Crippen LogP contribution in [0.1, 0.15) is 110 Å². The Balaban J connectivity index is 2.03. The van der Waals surface area contributed by atoms with Crippen LogP contribution >= 0.6 is 0 Å². The number of aliphatic carboxylic acids is 2. The summed E-state index contributed by atoms with van der Waals surface area (Å²) < 4.78 is 21.3. The number of imidazole rings is 1. The SMILES string of the molecule is CCCCCCCCC(=O)NC(CCC(=O)NCCOCCOCC(=O)NCCOCCOCC(=O)NCCCC[C@H](CC(=O)C(C)(C)NC(=O)[C@@H]([NH])Cc1cnc[nH]1)C(=O)O)C(=O)O. The summed E-state index contributed by atoms with van der Waals surface area (Å²) in [6.45, 7) is 6.40. The number of carboxylic acid groups (broad SMARTS) is 2. The van der Waals surface area contributed by atoms with E-state index in [1.165, 1.54) is 26.4 Å². The fourth-order valence-electron chi connectivity index (χ4n) is 6.06. The first kappa shape index (κ1) is 58.0. The molecule has 9 N–H and O–H groups in total. The van der Waals surface area contributed by atoms with Gasteiger partial charge in [-0.2, -0.15) is 0 Å². The van der Waals surface area contributed by atoms with E-state index in [0.717, 1.165) is 32.1 Å². The zero-order valence-electron chi connectivity index (χ0n) is 38.3. The molecule has 65 heavy (non-hydrogen) atoms. The largest absolute Gasteiger partial charge is 0.481 e. The monoisotopic (exact) mass is 926 g/mol. The van der Waals surface area contributed by atoms with Crippen LogP contribution in [-0.4, -0.2) is 158 Å². The summed E-state index contributed by atoms with van der Waals surface area (Å²) in [7, 11) is 0. The first-order chi connectivity index (χ1) is 31.0. The van der Waals surface area contributed by atoms with E-state index in [-0.39, 0.29) is 135 Å². The van der Waals surface area contributed by atoms with E-state index in [1.54, 1.807) is 0 Å². The number of carboxylic acids is 2. The second kappa shape index (κ2) is 35.3. The minimum absolute atomic E-state index is 0.0300. The van der Waals surface area contributed by atoms with Crippen molar-refractivity contribution in [1.29, 1.82) is 0 Å². The van der Waals surface area contributed by atoms with Gasteiger partial charge in [0, 0.05) is 57.2 Å². The second-order valence-electron chi connectivity index (χ2n) is 16.0. The highest BCUT2D eigenvalue weighted by molar-refractivity contribution is 5.95. The molecule has 3 atom stereocenters. The van der Waals surface area contributed by atoms with Crippen molar-refractivity contribution in [2.24, 2.45) is 5.92 Å². The van der Waals surface area contributed by atoms with E-state index in [1.807, 2.05) is 0 Å². The van der Waals surface area contributed by atoms with Gasteiger partial charge in [-0.1, -0.05) is 45.4 Å². The van der Waals surface area contributed by atoms with Crippen LogP contribution in [0.2, 0.25) is 0 Å². The highest BCUT2D eigenvalue weighted by atomic mass is 16.5. The van der Waals surface area contributed by atoms with Gasteiger partial charge in [0.1, 0.15) is 25.3 Å². The number of carbonyl (C=O) groups excluding carboxylic acids is 6. The third-order valence-electron chi connectivity index (χ3n) is 9.91. The number of aromatic amines is 1. The van der Waals surface area contributed by atoms with Gasteiger partial charge >= 0.3 is 11.9 Å². The minimum atomic E-state index is -1.37. The number of Topliss-reactive ketones (excluding diaryl/α,β-unsaturated/α-hetero) is 1. The number of aromatic nitrogens is 2. The van der Waals surface area contributed by atoms with Crippen LogP contribution in [0, 0.1) is 5.92 Å². The van der Waals surface area contributed by atoms with E-state index in [2.05, 4.69) is 43.5 Å². The molecule has 0 aromatic carbocycles. The van der Waals surface area contributed by atoms with E-state index >= 15 is 0 Å². The number of nitrogens with zero attached hydrogens (tertiary/aromatic N) is 1. The number of ether oxygens (including phenoxy) is 4. The molecular weight excluding hydrogens is 853 g/mol. The van der Waals surface area contributed by atoms with Gasteiger partial charge in [0.15, 0.2) is 5.78 Å². The number of unbranched alkanes of at least 4 members (excludes halogenated alkanes) is 6. The third-order valence-corrected chi connectivity index (χ3v) is 9.91. The van der Waals surface area contributed by atoms with E-state index in [4.69, 9.17) is 24.7 Å². The number of hydrogen-bond donors (Lipinski definition) is 8. The molecule has 1 aromatic heterocycles. The van der Waals surface area contributed by atoms with Gasteiger partial charge in [-0.25, -0.2) is 15.5 Å². The summed E-state index contributed by atoms with van der Waals surface area (Å²) in [5.74, 6) is -5.85. The molecule has 5 amide bonds. The fourth-order valence-corrected chi connectivity index (χ4v) is 6.06. The molecule has 22 heteroatoms. The molecule has 1 rings (SSSR count). The maximum atomic E-state index is 12.9. The summed E-state index contributed by atoms with van der Waals surface area (Å²) in [4.78, 5) is 104. The molecule has 0 aliphatic heterocycles. The maximum Gasteiger partial charge on any atom is 0.326 e. The van der Waals surface area contributed by atoms with Crippen molar-refractivity contribution < 1.29 is 67.5 Å². The topological polar surface area (TPSA) is 327 Å². The lowest BCUT2D eigenvalue weighted by Crippen LogP contribution is -2.54. The quantitative estimate of drug-likeness (QED) is 0.0422. The van der Waals surface area contributed by atoms with Crippen molar-refractivity contribution in [3.8, 4) is 0 Å². The predicted molar refractivity (Wildman–Crippen MR) is 235 cm³/mol. The number of carbonyl (C=O) groups is 8. The van der Waals surface area contributed by atoms with Crippen LogP contribution in [0.15, 0.2) is 12.5 Å². The van der Waals surface area contributed by atoms with Crippen molar-refractivity contribution in [2.75, 3.05) is 72.5 Å². The van der Waals surface area contributed by atoms with Crippen molar-refractivity contribution in [2.45, 2.75) is 128 Å². The number of amides is 5. The Morgan fingerprint density at radius 1 is 0.692 bits per heavy atom. The summed E-state index contributed by atoms with van der Waals surface area (Å²) in [6.07, 6.45) is 10.0. The van der Waals surface area contributed by atoms with Crippen molar-refractivity contribution in [1.82, 2.24) is 42.3 Å². The average Bonchev–Trinajstić information content (AvgIpc) is 3.77. The molecule has 0 spiro atoms. The van der Waals surface area contributed by atoms with Crippen molar-refractivity contribution >= 4 is 47.3 Å². The lowest BCUT2D eigenvalue weighted by atomic mass is 9.88. The average molecular weight is 926 g/mol. The fraction of sp³-hybridized carbons (Fsp3) is 0.744. The van der Waals surface area contributed by atoms with Gasteiger partial charge in [-0.3, -0.25) is 33.6 Å². The van der Waals surface area contributed by atoms with Gasteiger partial charge in [-0.05, 0) is 39.5 Å². The molecule has 0 fully saturated rings. The Kier molecular flexibility index (Phi) is 31.5. The lowest BCUT2D eigenvalue weighted by molar-refractivity contribution is -0.145. The summed E-state index contributed by atoms with van der Waals surface area (Å²) in [6, 6.07) is -2.32. The summed E-state index contributed by atoms with van der Waals surface area (Å²) in [5, 5.41) is 32.1. The van der Waals surface area contributed by atoms with Crippen LogP contribution in [0.25, 0.3) is 0 Å². The molecule has 1 radical (unpaired) electrons. The van der Waals surface area contributed by atoms with Crippen LogP contribution < -0.4 is 32.3 Å². The Bertz CT molecular complexity index is 1560. The highest BCUT2D eigenvalue weighted by Crippen LogP contribution is 2.19. The molecule has 369 valence electrons. The molecule has 1 unspecified atom stereocenters. The molecular formula is C43H73N8O14. The predicted octanol–water partition coefficient (Wildman–Crippen LogP) is 0.844.